The molecule has 0 saturated carbocycles. The number of pyridine rings is 1. The van der Waals surface area contributed by atoms with E-state index in [2.05, 4.69) is 4.98 Å². The first-order chi connectivity index (χ1) is 10.5. The highest BCUT2D eigenvalue weighted by atomic mass is 19.3. The van der Waals surface area contributed by atoms with Crippen LogP contribution in [0.1, 0.15) is 13.3 Å². The van der Waals surface area contributed by atoms with Gasteiger partial charge in [-0.15, -0.1) is 0 Å². The molecule has 0 radical (unpaired) electrons. The van der Waals surface area contributed by atoms with Gasteiger partial charge >= 0.3 is 0 Å². The largest absolute Gasteiger partial charge is 0.466 e. The van der Waals surface area contributed by atoms with Crippen LogP contribution in [-0.2, 0) is 4.79 Å². The van der Waals surface area contributed by atoms with Gasteiger partial charge in [-0.2, -0.15) is 0 Å². The van der Waals surface area contributed by atoms with Crippen LogP contribution in [0.5, 0.6) is 5.88 Å². The summed E-state index contributed by atoms with van der Waals surface area (Å²) in [5.74, 6) is -3.05. The van der Waals surface area contributed by atoms with E-state index in [0.717, 1.165) is 5.39 Å². The first-order valence-corrected chi connectivity index (χ1v) is 7.11. The number of alkyl halides is 2. The van der Waals surface area contributed by atoms with Gasteiger partial charge in [-0.25, -0.2) is 13.8 Å². The monoisotopic (exact) mass is 306 g/mol. The molecule has 1 atom stereocenters. The molecule has 1 aliphatic heterocycles. The number of hydrogen-bond donors (Lipinski definition) is 0. The number of ether oxygens (including phenoxy) is 1. The molecule has 2 heterocycles. The summed E-state index contributed by atoms with van der Waals surface area (Å²) in [6, 6.07) is 10.7. The van der Waals surface area contributed by atoms with Crippen LogP contribution in [0.25, 0.3) is 10.9 Å². The van der Waals surface area contributed by atoms with Gasteiger partial charge in [0.2, 0.25) is 11.8 Å². The van der Waals surface area contributed by atoms with Crippen molar-refractivity contribution in [3.8, 4) is 5.88 Å². The van der Waals surface area contributed by atoms with E-state index < -0.39 is 18.4 Å². The Balaban J connectivity index is 1.83. The van der Waals surface area contributed by atoms with E-state index in [4.69, 9.17) is 4.74 Å². The van der Waals surface area contributed by atoms with E-state index in [1.54, 1.807) is 18.2 Å². The number of halogens is 2. The van der Waals surface area contributed by atoms with Gasteiger partial charge in [0.15, 0.2) is 6.10 Å². The molecule has 6 heteroatoms. The molecule has 22 heavy (non-hydrogen) atoms. The molecule has 0 aliphatic carbocycles. The molecule has 3 rings (SSSR count). The summed E-state index contributed by atoms with van der Waals surface area (Å²) in [7, 11) is 0. The Kier molecular flexibility index (Phi) is 3.68. The van der Waals surface area contributed by atoms with Crippen LogP contribution in [0.15, 0.2) is 36.4 Å². The van der Waals surface area contributed by atoms with E-state index in [9.17, 15) is 13.6 Å². The highest BCUT2D eigenvalue weighted by molar-refractivity contribution is 5.78. The summed E-state index contributed by atoms with van der Waals surface area (Å²) in [5, 5.41) is 0.913. The Labute approximate surface area is 126 Å². The lowest BCUT2D eigenvalue weighted by molar-refractivity contribution is -0.154. The zero-order chi connectivity index (χ0) is 15.7. The Morgan fingerprint density at radius 1 is 1.32 bits per heavy atom. The number of para-hydroxylation sites is 1. The van der Waals surface area contributed by atoms with Crippen molar-refractivity contribution in [3.05, 3.63) is 36.4 Å². The summed E-state index contributed by atoms with van der Waals surface area (Å²) in [5.41, 5.74) is 0.683. The molecular weight excluding hydrogens is 290 g/mol. The highest BCUT2D eigenvalue weighted by Crippen LogP contribution is 2.31. The maximum absolute atomic E-state index is 14.0. The number of hydrogen-bond acceptors (Lipinski definition) is 3. The third-order valence-electron chi connectivity index (χ3n) is 3.85. The van der Waals surface area contributed by atoms with Crippen molar-refractivity contribution < 1.29 is 18.3 Å². The molecule has 1 fully saturated rings. The molecule has 1 unspecified atom stereocenters. The summed E-state index contributed by atoms with van der Waals surface area (Å²) in [6.45, 7) is 1.29. The summed E-state index contributed by atoms with van der Waals surface area (Å²) in [4.78, 5) is 17.0. The van der Waals surface area contributed by atoms with Crippen molar-refractivity contribution >= 4 is 16.8 Å². The van der Waals surface area contributed by atoms with Gasteiger partial charge in [0.25, 0.3) is 5.92 Å². The number of amides is 1. The van der Waals surface area contributed by atoms with Crippen molar-refractivity contribution in [2.75, 3.05) is 13.1 Å². The van der Waals surface area contributed by atoms with Crippen LogP contribution in [-0.4, -0.2) is 40.9 Å². The Morgan fingerprint density at radius 3 is 2.86 bits per heavy atom. The van der Waals surface area contributed by atoms with E-state index in [0.29, 0.717) is 5.52 Å². The Hall–Kier alpha value is -2.24. The highest BCUT2D eigenvalue weighted by Gasteiger charge is 2.46. The standard InChI is InChI=1S/C16H16F2N2O2/c1-11(21)20-9-8-16(17,18)14(10-20)22-15-7-6-12-4-2-3-5-13(12)19-15/h2-7,14H,8-10H2,1H3. The zero-order valence-corrected chi connectivity index (χ0v) is 12.1. The molecule has 1 aliphatic rings. The predicted molar refractivity (Wildman–Crippen MR) is 78.0 cm³/mol. The number of fused-ring (bicyclic) bond motifs is 1. The maximum atomic E-state index is 14.0. The smallest absolute Gasteiger partial charge is 0.287 e. The van der Waals surface area contributed by atoms with Crippen LogP contribution in [0.4, 0.5) is 8.78 Å². The number of piperidine rings is 1. The predicted octanol–water partition coefficient (Wildman–Crippen LogP) is 2.87. The molecule has 1 amide bonds. The second-order valence-corrected chi connectivity index (χ2v) is 5.42. The van der Waals surface area contributed by atoms with Crippen LogP contribution >= 0.6 is 0 Å². The van der Waals surface area contributed by atoms with E-state index in [1.807, 2.05) is 18.2 Å². The lowest BCUT2D eigenvalue weighted by atomic mass is 10.0. The van der Waals surface area contributed by atoms with Gasteiger partial charge < -0.3 is 9.64 Å². The van der Waals surface area contributed by atoms with Crippen LogP contribution in [0.3, 0.4) is 0 Å². The van der Waals surface area contributed by atoms with Gasteiger partial charge in [0.05, 0.1) is 12.1 Å². The quantitative estimate of drug-likeness (QED) is 0.857. The minimum atomic E-state index is -2.97. The number of carbonyl (C=O) groups is 1. The zero-order valence-electron chi connectivity index (χ0n) is 12.1. The minimum absolute atomic E-state index is 0.0490. The van der Waals surface area contributed by atoms with Crippen LogP contribution in [0, 0.1) is 0 Å². The number of likely N-dealkylation sites (tertiary alicyclic amines) is 1. The second-order valence-electron chi connectivity index (χ2n) is 5.42. The molecule has 116 valence electrons. The third-order valence-corrected chi connectivity index (χ3v) is 3.85. The van der Waals surface area contributed by atoms with Crippen molar-refractivity contribution in [2.24, 2.45) is 0 Å². The van der Waals surface area contributed by atoms with E-state index in [-0.39, 0.29) is 24.9 Å². The number of nitrogens with zero attached hydrogens (tertiary/aromatic N) is 2. The van der Waals surface area contributed by atoms with Crippen molar-refractivity contribution in [1.82, 2.24) is 9.88 Å². The SMILES string of the molecule is CC(=O)N1CCC(F)(F)C(Oc2ccc3ccccc3n2)C1. The summed E-state index contributed by atoms with van der Waals surface area (Å²) < 4.78 is 33.4. The first kappa shape index (κ1) is 14.7. The summed E-state index contributed by atoms with van der Waals surface area (Å²) in [6.07, 6.45) is -1.77. The van der Waals surface area contributed by atoms with Crippen molar-refractivity contribution in [3.63, 3.8) is 0 Å². The molecule has 0 spiro atoms. The van der Waals surface area contributed by atoms with E-state index in [1.165, 1.54) is 11.8 Å². The average Bonchev–Trinajstić information content (AvgIpc) is 2.49. The van der Waals surface area contributed by atoms with Crippen molar-refractivity contribution in [2.45, 2.75) is 25.4 Å². The summed E-state index contributed by atoms with van der Waals surface area (Å²) >= 11 is 0. The average molecular weight is 306 g/mol. The molecule has 0 N–H and O–H groups in total. The lowest BCUT2D eigenvalue weighted by Crippen LogP contribution is -2.54. The number of rotatable bonds is 2. The number of aromatic nitrogens is 1. The Morgan fingerprint density at radius 2 is 2.09 bits per heavy atom. The van der Waals surface area contributed by atoms with Gasteiger partial charge in [-0.3, -0.25) is 4.79 Å². The molecule has 2 aromatic rings. The van der Waals surface area contributed by atoms with Crippen molar-refractivity contribution in [1.29, 1.82) is 0 Å². The molecule has 4 nitrogen and oxygen atoms in total. The second kappa shape index (κ2) is 5.51. The van der Waals surface area contributed by atoms with Gasteiger partial charge in [-0.05, 0) is 12.1 Å². The fourth-order valence-corrected chi connectivity index (χ4v) is 2.54. The van der Waals surface area contributed by atoms with Gasteiger partial charge in [-0.1, -0.05) is 18.2 Å². The minimum Gasteiger partial charge on any atom is -0.466 e. The topological polar surface area (TPSA) is 42.4 Å². The molecule has 0 bridgehead atoms. The lowest BCUT2D eigenvalue weighted by Gasteiger charge is -2.37. The maximum Gasteiger partial charge on any atom is 0.287 e. The molecule has 1 aromatic carbocycles. The van der Waals surface area contributed by atoms with E-state index >= 15 is 0 Å². The first-order valence-electron chi connectivity index (χ1n) is 7.11. The van der Waals surface area contributed by atoms with Crippen LogP contribution < -0.4 is 4.74 Å². The molecule has 1 saturated heterocycles. The third kappa shape index (κ3) is 2.86. The number of benzene rings is 1. The molecule has 1 aromatic heterocycles. The fraction of sp³-hybridized carbons (Fsp3) is 0.375. The fourth-order valence-electron chi connectivity index (χ4n) is 2.54. The normalized spacial score (nSPS) is 20.9. The Bertz CT molecular complexity index is 705. The number of carbonyl (C=O) groups excluding carboxylic acids is 1. The van der Waals surface area contributed by atoms with Gasteiger partial charge in [0.1, 0.15) is 0 Å². The van der Waals surface area contributed by atoms with Crippen LogP contribution in [0.2, 0.25) is 0 Å². The molecular formula is C16H16F2N2O2. The van der Waals surface area contributed by atoms with Gasteiger partial charge in [0, 0.05) is 31.3 Å².